The van der Waals surface area contributed by atoms with Crippen molar-refractivity contribution >= 4 is 22.8 Å². The SMILES string of the molecule is COc1ccc(CCC2(C)NC(=O)N(Cc3cccc4cccnc34)C2=O)cc1. The van der Waals surface area contributed by atoms with Crippen LogP contribution in [0.1, 0.15) is 24.5 Å². The van der Waals surface area contributed by atoms with Crippen molar-refractivity contribution in [2.45, 2.75) is 31.8 Å². The number of urea groups is 1. The fourth-order valence-corrected chi connectivity index (χ4v) is 3.71. The van der Waals surface area contributed by atoms with Gasteiger partial charge in [-0.2, -0.15) is 0 Å². The van der Waals surface area contributed by atoms with E-state index in [2.05, 4.69) is 10.3 Å². The van der Waals surface area contributed by atoms with E-state index in [1.165, 1.54) is 4.90 Å². The molecule has 3 amide bonds. The minimum absolute atomic E-state index is 0.205. The maximum Gasteiger partial charge on any atom is 0.325 e. The number of rotatable bonds is 6. The first-order valence-electron chi connectivity index (χ1n) is 9.60. The summed E-state index contributed by atoms with van der Waals surface area (Å²) in [6.07, 6.45) is 2.92. The lowest BCUT2D eigenvalue weighted by Crippen LogP contribution is -2.44. The van der Waals surface area contributed by atoms with Crippen molar-refractivity contribution in [2.24, 2.45) is 0 Å². The Hall–Kier alpha value is -3.41. The van der Waals surface area contributed by atoms with Crippen LogP contribution in [0.3, 0.4) is 0 Å². The number of para-hydroxylation sites is 1. The largest absolute Gasteiger partial charge is 0.497 e. The molecule has 1 aliphatic heterocycles. The topological polar surface area (TPSA) is 71.5 Å². The van der Waals surface area contributed by atoms with E-state index in [0.29, 0.717) is 12.8 Å². The van der Waals surface area contributed by atoms with Crippen LogP contribution < -0.4 is 10.1 Å². The molecule has 0 aliphatic carbocycles. The summed E-state index contributed by atoms with van der Waals surface area (Å²) >= 11 is 0. The minimum atomic E-state index is -0.922. The lowest BCUT2D eigenvalue weighted by atomic mass is 9.93. The first-order valence-corrected chi connectivity index (χ1v) is 9.60. The third kappa shape index (κ3) is 3.66. The molecule has 1 aromatic heterocycles. The standard InChI is InChI=1S/C23H23N3O3/c1-23(13-12-16-8-10-19(29-2)11-9-16)21(27)26(22(28)25-23)15-18-6-3-5-17-7-4-14-24-20(17)18/h3-11,14H,12-13,15H2,1-2H3,(H,25,28). The lowest BCUT2D eigenvalue weighted by Gasteiger charge is -2.22. The van der Waals surface area contributed by atoms with Gasteiger partial charge in [0.25, 0.3) is 5.91 Å². The maximum absolute atomic E-state index is 13.1. The Kier molecular flexibility index (Phi) is 4.92. The number of methoxy groups -OCH3 is 1. The van der Waals surface area contributed by atoms with Crippen molar-refractivity contribution in [1.29, 1.82) is 0 Å². The summed E-state index contributed by atoms with van der Waals surface area (Å²) in [6, 6.07) is 17.0. The molecular formula is C23H23N3O3. The second kappa shape index (κ2) is 7.54. The van der Waals surface area contributed by atoms with E-state index in [-0.39, 0.29) is 18.5 Å². The number of aromatic nitrogens is 1. The molecule has 6 nitrogen and oxygen atoms in total. The van der Waals surface area contributed by atoms with Crippen LogP contribution >= 0.6 is 0 Å². The number of nitrogens with one attached hydrogen (secondary N) is 1. The second-order valence-electron chi connectivity index (χ2n) is 7.49. The number of nitrogens with zero attached hydrogens (tertiary/aromatic N) is 2. The average molecular weight is 389 g/mol. The number of carbonyl (C=O) groups is 2. The van der Waals surface area contributed by atoms with Crippen molar-refractivity contribution in [3.63, 3.8) is 0 Å². The predicted molar refractivity (Wildman–Crippen MR) is 111 cm³/mol. The number of aryl methyl sites for hydroxylation is 1. The lowest BCUT2D eigenvalue weighted by molar-refractivity contribution is -0.131. The minimum Gasteiger partial charge on any atom is -0.497 e. The number of benzene rings is 2. The highest BCUT2D eigenvalue weighted by atomic mass is 16.5. The highest BCUT2D eigenvalue weighted by Crippen LogP contribution is 2.27. The fraction of sp³-hybridized carbons (Fsp3) is 0.261. The van der Waals surface area contributed by atoms with Gasteiger partial charge in [-0.3, -0.25) is 14.7 Å². The normalized spacial score (nSPS) is 18.9. The van der Waals surface area contributed by atoms with E-state index in [4.69, 9.17) is 4.74 Å². The van der Waals surface area contributed by atoms with Gasteiger partial charge in [-0.05, 0) is 49.1 Å². The summed E-state index contributed by atoms with van der Waals surface area (Å²) < 4.78 is 5.18. The van der Waals surface area contributed by atoms with Crippen LogP contribution in [0.15, 0.2) is 60.8 Å². The molecule has 0 radical (unpaired) electrons. The van der Waals surface area contributed by atoms with Gasteiger partial charge in [-0.15, -0.1) is 0 Å². The number of ether oxygens (including phenoxy) is 1. The van der Waals surface area contributed by atoms with Gasteiger partial charge in [-0.25, -0.2) is 4.79 Å². The second-order valence-corrected chi connectivity index (χ2v) is 7.49. The van der Waals surface area contributed by atoms with Gasteiger partial charge in [0.2, 0.25) is 0 Å². The van der Waals surface area contributed by atoms with Crippen LogP contribution in [-0.2, 0) is 17.8 Å². The Balaban J connectivity index is 1.50. The van der Waals surface area contributed by atoms with Crippen molar-refractivity contribution in [3.05, 3.63) is 71.9 Å². The van der Waals surface area contributed by atoms with Crippen LogP contribution in [0, 0.1) is 0 Å². The number of amides is 3. The molecule has 1 N–H and O–H groups in total. The third-order valence-electron chi connectivity index (χ3n) is 5.46. The van der Waals surface area contributed by atoms with Gasteiger partial charge in [0.05, 0.1) is 19.2 Å². The number of imide groups is 1. The molecular weight excluding hydrogens is 366 g/mol. The molecule has 0 bridgehead atoms. The highest BCUT2D eigenvalue weighted by molar-refractivity contribution is 6.06. The number of hydrogen-bond donors (Lipinski definition) is 1. The van der Waals surface area contributed by atoms with E-state index in [0.717, 1.165) is 27.8 Å². The van der Waals surface area contributed by atoms with Crippen LogP contribution in [0.25, 0.3) is 10.9 Å². The molecule has 2 aromatic carbocycles. The Morgan fingerprint density at radius 2 is 1.83 bits per heavy atom. The van der Waals surface area contributed by atoms with Crippen LogP contribution in [0.4, 0.5) is 4.79 Å². The van der Waals surface area contributed by atoms with Gasteiger partial charge in [0, 0.05) is 11.6 Å². The van der Waals surface area contributed by atoms with Crippen LogP contribution in [-0.4, -0.2) is 34.5 Å². The zero-order chi connectivity index (χ0) is 20.4. The Morgan fingerprint density at radius 1 is 1.07 bits per heavy atom. The molecule has 4 rings (SSSR count). The molecule has 148 valence electrons. The average Bonchev–Trinajstić information content (AvgIpc) is 2.96. The molecule has 1 aliphatic rings. The summed E-state index contributed by atoms with van der Waals surface area (Å²) in [5.74, 6) is 0.587. The summed E-state index contributed by atoms with van der Waals surface area (Å²) in [5.41, 5.74) is 1.83. The molecule has 2 heterocycles. The van der Waals surface area contributed by atoms with Crippen LogP contribution in [0.2, 0.25) is 0 Å². The van der Waals surface area contributed by atoms with Gasteiger partial charge in [-0.1, -0.05) is 36.4 Å². The summed E-state index contributed by atoms with van der Waals surface area (Å²) in [4.78, 5) is 31.4. The van der Waals surface area contributed by atoms with Gasteiger partial charge < -0.3 is 10.1 Å². The zero-order valence-electron chi connectivity index (χ0n) is 16.5. The van der Waals surface area contributed by atoms with E-state index in [9.17, 15) is 9.59 Å². The van der Waals surface area contributed by atoms with Crippen LogP contribution in [0.5, 0.6) is 5.75 Å². The van der Waals surface area contributed by atoms with E-state index < -0.39 is 5.54 Å². The molecule has 29 heavy (non-hydrogen) atoms. The quantitative estimate of drug-likeness (QED) is 0.653. The smallest absolute Gasteiger partial charge is 0.325 e. The monoisotopic (exact) mass is 389 g/mol. The van der Waals surface area contributed by atoms with Gasteiger partial charge in [0.15, 0.2) is 0 Å². The van der Waals surface area contributed by atoms with Crippen molar-refractivity contribution in [2.75, 3.05) is 7.11 Å². The fourth-order valence-electron chi connectivity index (χ4n) is 3.71. The molecule has 1 fully saturated rings. The van der Waals surface area contributed by atoms with Crippen molar-refractivity contribution < 1.29 is 14.3 Å². The van der Waals surface area contributed by atoms with Crippen molar-refractivity contribution in [1.82, 2.24) is 15.2 Å². The number of fused-ring (bicyclic) bond motifs is 1. The Labute approximate surface area is 169 Å². The molecule has 1 atom stereocenters. The maximum atomic E-state index is 13.1. The summed E-state index contributed by atoms with van der Waals surface area (Å²) in [5, 5.41) is 3.87. The molecule has 3 aromatic rings. The van der Waals surface area contributed by atoms with Gasteiger partial charge >= 0.3 is 6.03 Å². The number of pyridine rings is 1. The molecule has 1 unspecified atom stereocenters. The Morgan fingerprint density at radius 3 is 2.59 bits per heavy atom. The molecule has 1 saturated heterocycles. The molecule has 6 heteroatoms. The zero-order valence-corrected chi connectivity index (χ0v) is 16.5. The first-order chi connectivity index (χ1) is 14.0. The summed E-state index contributed by atoms with van der Waals surface area (Å²) in [7, 11) is 1.63. The number of carbonyl (C=O) groups excluding carboxylic acids is 2. The van der Waals surface area contributed by atoms with Gasteiger partial charge in [0.1, 0.15) is 11.3 Å². The summed E-state index contributed by atoms with van der Waals surface area (Å²) in [6.45, 7) is 2.00. The highest BCUT2D eigenvalue weighted by Gasteiger charge is 2.47. The van der Waals surface area contributed by atoms with E-state index >= 15 is 0 Å². The third-order valence-corrected chi connectivity index (χ3v) is 5.46. The first kappa shape index (κ1) is 18.9. The van der Waals surface area contributed by atoms with Crippen molar-refractivity contribution in [3.8, 4) is 5.75 Å². The van der Waals surface area contributed by atoms with E-state index in [1.807, 2.05) is 54.6 Å². The molecule has 0 spiro atoms. The predicted octanol–water partition coefficient (Wildman–Crippen LogP) is 3.69. The van der Waals surface area contributed by atoms with E-state index in [1.54, 1.807) is 20.2 Å². The Bertz CT molecular complexity index is 1060. The molecule has 0 saturated carbocycles. The number of hydrogen-bond acceptors (Lipinski definition) is 4.